The molecule has 0 spiro atoms. The van der Waals surface area contributed by atoms with Crippen molar-refractivity contribution in [1.82, 2.24) is 9.97 Å². The number of benzene rings is 9. The van der Waals surface area contributed by atoms with E-state index in [9.17, 15) is 0 Å². The summed E-state index contributed by atoms with van der Waals surface area (Å²) < 4.78 is 0. The fraction of sp³-hybridized carbons (Fsp3) is 0.0357. The van der Waals surface area contributed by atoms with Gasteiger partial charge in [0.15, 0.2) is 5.82 Å². The third-order valence-corrected chi connectivity index (χ3v) is 15.5. The summed E-state index contributed by atoms with van der Waals surface area (Å²) in [6.45, 7) is 4.90. The predicted octanol–water partition coefficient (Wildman–Crippen LogP) is 13.6. The van der Waals surface area contributed by atoms with Gasteiger partial charge in [0.2, 0.25) is 0 Å². The highest BCUT2D eigenvalue weighted by Crippen LogP contribution is 2.41. The van der Waals surface area contributed by atoms with E-state index in [1.165, 1.54) is 76.6 Å². The molecule has 278 valence electrons. The van der Waals surface area contributed by atoms with Crippen LogP contribution in [0.15, 0.2) is 206 Å². The van der Waals surface area contributed by atoms with E-state index >= 15 is 0 Å². The second-order valence-electron chi connectivity index (χ2n) is 16.2. The van der Waals surface area contributed by atoms with Crippen molar-refractivity contribution >= 4 is 40.1 Å². The van der Waals surface area contributed by atoms with Crippen LogP contribution in [0.4, 0.5) is 0 Å². The zero-order chi connectivity index (χ0) is 39.5. The van der Waals surface area contributed by atoms with Crippen molar-refractivity contribution in [2.24, 2.45) is 0 Å². The van der Waals surface area contributed by atoms with Gasteiger partial charge in [-0.1, -0.05) is 183 Å². The van der Waals surface area contributed by atoms with E-state index in [1.807, 2.05) is 0 Å². The summed E-state index contributed by atoms with van der Waals surface area (Å²) in [6, 6.07) is 74.8. The molecule has 0 atom stereocenters. The van der Waals surface area contributed by atoms with Gasteiger partial charge in [-0.3, -0.25) is 0 Å². The standard InChI is InChI=1S/C56H40N2Si/c1-59(2)52-36-44-22-10-9-21-43(44)35-51(52)53-54(50-29-15-23-39-20-11-12-28-49(39)50)57-55(58-56(53)59)45-27-14-25-41(31-45)40-24-13-26-42(30-40)48-33-46(37-16-5-3-6-17-37)32-47(34-48)38-18-7-4-8-19-38/h3-36H,1-2H3. The Morgan fingerprint density at radius 3 is 1.46 bits per heavy atom. The molecule has 0 N–H and O–H groups in total. The Balaban J connectivity index is 1.06. The summed E-state index contributed by atoms with van der Waals surface area (Å²) in [5, 5.41) is 7.56. The van der Waals surface area contributed by atoms with Crippen molar-refractivity contribution in [2.75, 3.05) is 0 Å². The number of aromatic nitrogens is 2. The van der Waals surface area contributed by atoms with Gasteiger partial charge in [0.25, 0.3) is 0 Å². The van der Waals surface area contributed by atoms with E-state index in [-0.39, 0.29) is 0 Å². The van der Waals surface area contributed by atoms with E-state index in [0.29, 0.717) is 0 Å². The van der Waals surface area contributed by atoms with Crippen LogP contribution in [0.5, 0.6) is 0 Å². The van der Waals surface area contributed by atoms with Gasteiger partial charge in [0.05, 0.1) is 5.69 Å². The van der Waals surface area contributed by atoms with Gasteiger partial charge in [-0.25, -0.2) is 9.97 Å². The molecule has 0 fully saturated rings. The van der Waals surface area contributed by atoms with Crippen LogP contribution >= 0.6 is 0 Å². The van der Waals surface area contributed by atoms with Crippen LogP contribution in [0, 0.1) is 0 Å². The van der Waals surface area contributed by atoms with Crippen molar-refractivity contribution in [3.05, 3.63) is 206 Å². The largest absolute Gasteiger partial charge is 0.237 e. The number of rotatable bonds is 6. The average molecular weight is 769 g/mol. The van der Waals surface area contributed by atoms with Crippen molar-refractivity contribution in [3.8, 4) is 78.3 Å². The first-order chi connectivity index (χ1) is 29.0. The zero-order valence-corrected chi connectivity index (χ0v) is 34.0. The van der Waals surface area contributed by atoms with Crippen LogP contribution in [0.2, 0.25) is 13.1 Å². The summed E-state index contributed by atoms with van der Waals surface area (Å²) >= 11 is 0. The molecule has 0 radical (unpaired) electrons. The summed E-state index contributed by atoms with van der Waals surface area (Å²) in [6.07, 6.45) is 0. The van der Waals surface area contributed by atoms with Crippen molar-refractivity contribution in [1.29, 1.82) is 0 Å². The molecular formula is C56H40N2Si. The van der Waals surface area contributed by atoms with E-state index in [2.05, 4.69) is 219 Å². The maximum atomic E-state index is 5.58. The van der Waals surface area contributed by atoms with Crippen LogP contribution in [-0.2, 0) is 0 Å². The first-order valence-electron chi connectivity index (χ1n) is 20.4. The Labute approximate surface area is 346 Å². The molecule has 2 nitrogen and oxygen atoms in total. The van der Waals surface area contributed by atoms with Gasteiger partial charge in [-0.2, -0.15) is 0 Å². The maximum Gasteiger partial charge on any atom is 0.159 e. The van der Waals surface area contributed by atoms with Gasteiger partial charge in [-0.15, -0.1) is 0 Å². The van der Waals surface area contributed by atoms with Crippen molar-refractivity contribution in [3.63, 3.8) is 0 Å². The number of fused-ring (bicyclic) bond motifs is 5. The highest BCUT2D eigenvalue weighted by Gasteiger charge is 2.42. The van der Waals surface area contributed by atoms with Crippen LogP contribution in [0.3, 0.4) is 0 Å². The minimum atomic E-state index is -2.23. The zero-order valence-electron chi connectivity index (χ0n) is 33.0. The minimum Gasteiger partial charge on any atom is -0.237 e. The topological polar surface area (TPSA) is 25.8 Å². The first-order valence-corrected chi connectivity index (χ1v) is 23.4. The molecule has 0 unspecified atom stereocenters. The number of nitrogens with zero attached hydrogens (tertiary/aromatic N) is 2. The molecule has 0 saturated heterocycles. The van der Waals surface area contributed by atoms with Crippen molar-refractivity contribution in [2.45, 2.75) is 13.1 Å². The van der Waals surface area contributed by atoms with E-state index in [4.69, 9.17) is 9.97 Å². The highest BCUT2D eigenvalue weighted by molar-refractivity contribution is 7.03. The Hall–Kier alpha value is -7.20. The summed E-state index contributed by atoms with van der Waals surface area (Å²) in [4.78, 5) is 11.1. The second kappa shape index (κ2) is 14.0. The quantitative estimate of drug-likeness (QED) is 0.157. The fourth-order valence-corrected chi connectivity index (χ4v) is 12.0. The smallest absolute Gasteiger partial charge is 0.159 e. The Morgan fingerprint density at radius 2 is 0.797 bits per heavy atom. The molecule has 0 bridgehead atoms. The minimum absolute atomic E-state index is 0.769. The molecule has 0 saturated carbocycles. The molecule has 0 aliphatic carbocycles. The van der Waals surface area contributed by atoms with E-state index in [1.54, 1.807) is 0 Å². The molecule has 9 aromatic carbocycles. The number of hydrogen-bond donors (Lipinski definition) is 0. The lowest BCUT2D eigenvalue weighted by atomic mass is 9.92. The van der Waals surface area contributed by atoms with Crippen LogP contribution in [0.1, 0.15) is 0 Å². The van der Waals surface area contributed by atoms with Gasteiger partial charge in [0.1, 0.15) is 8.07 Å². The highest BCUT2D eigenvalue weighted by atomic mass is 28.3. The monoisotopic (exact) mass is 768 g/mol. The predicted molar refractivity (Wildman–Crippen MR) is 252 cm³/mol. The maximum absolute atomic E-state index is 5.58. The lowest BCUT2D eigenvalue weighted by molar-refractivity contribution is 1.21. The Morgan fingerprint density at radius 1 is 0.339 bits per heavy atom. The molecule has 2 heterocycles. The summed E-state index contributed by atoms with van der Waals surface area (Å²) in [7, 11) is -2.23. The number of hydrogen-bond acceptors (Lipinski definition) is 2. The molecule has 11 rings (SSSR count). The molecular weight excluding hydrogens is 729 g/mol. The van der Waals surface area contributed by atoms with E-state index in [0.717, 1.165) is 33.8 Å². The summed E-state index contributed by atoms with van der Waals surface area (Å²) in [5.41, 5.74) is 15.1. The molecule has 10 aromatic rings. The Kier molecular flexibility index (Phi) is 8.31. The lowest BCUT2D eigenvalue weighted by Gasteiger charge is -2.19. The van der Waals surface area contributed by atoms with Crippen LogP contribution in [-0.4, -0.2) is 18.0 Å². The molecule has 59 heavy (non-hydrogen) atoms. The SMILES string of the molecule is C[Si]1(C)c2cc3ccccc3cc2-c2c(-c3cccc4ccccc34)nc(-c3cccc(-c4cccc(-c5cc(-c6ccccc6)cc(-c6ccccc6)c5)c4)c3)nc21. The summed E-state index contributed by atoms with van der Waals surface area (Å²) in [5.74, 6) is 0.769. The first kappa shape index (κ1) is 35.0. The molecule has 1 aliphatic heterocycles. The van der Waals surface area contributed by atoms with Crippen LogP contribution < -0.4 is 10.5 Å². The lowest BCUT2D eigenvalue weighted by Crippen LogP contribution is -2.51. The van der Waals surface area contributed by atoms with Crippen molar-refractivity contribution < 1.29 is 0 Å². The average Bonchev–Trinajstić information content (AvgIpc) is 3.52. The van der Waals surface area contributed by atoms with Gasteiger partial charge in [0, 0.05) is 22.0 Å². The fourth-order valence-electron chi connectivity index (χ4n) is 9.12. The molecule has 0 amide bonds. The molecule has 3 heteroatoms. The van der Waals surface area contributed by atoms with Gasteiger partial charge >= 0.3 is 0 Å². The van der Waals surface area contributed by atoms with Crippen LogP contribution in [0.25, 0.3) is 99.8 Å². The van der Waals surface area contributed by atoms with Gasteiger partial charge < -0.3 is 0 Å². The molecule has 1 aromatic heterocycles. The van der Waals surface area contributed by atoms with E-state index < -0.39 is 8.07 Å². The normalized spacial score (nSPS) is 12.7. The third-order valence-electron chi connectivity index (χ3n) is 12.2. The Bertz CT molecular complexity index is 3180. The molecule has 1 aliphatic rings. The second-order valence-corrected chi connectivity index (χ2v) is 20.5. The third kappa shape index (κ3) is 6.10. The van der Waals surface area contributed by atoms with Gasteiger partial charge in [-0.05, 0) is 113 Å².